The van der Waals surface area contributed by atoms with Gasteiger partial charge in [-0.1, -0.05) is 71.7 Å². The highest BCUT2D eigenvalue weighted by Crippen LogP contribution is 2.42. The average molecular weight is 431 g/mol. The molecule has 0 amide bonds. The number of nitrogens with two attached hydrogens (primary N) is 1. The molecule has 4 nitrogen and oxygen atoms in total. The summed E-state index contributed by atoms with van der Waals surface area (Å²) >= 11 is 12.4. The molecular weight excluding hydrogens is 415 g/mol. The second-order valence-electron chi connectivity index (χ2n) is 6.43. The molecule has 0 unspecified atom stereocenters. The van der Waals surface area contributed by atoms with E-state index in [9.17, 15) is 8.42 Å². The molecule has 3 aromatic carbocycles. The number of sulfone groups is 1. The maximum absolute atomic E-state index is 13.7. The van der Waals surface area contributed by atoms with Crippen molar-refractivity contribution in [2.75, 3.05) is 5.73 Å². The lowest BCUT2D eigenvalue weighted by Gasteiger charge is -2.12. The molecule has 28 heavy (non-hydrogen) atoms. The fourth-order valence-electron chi connectivity index (χ4n) is 3.41. The monoisotopic (exact) mass is 430 g/mol. The van der Waals surface area contributed by atoms with E-state index < -0.39 is 9.84 Å². The summed E-state index contributed by atoms with van der Waals surface area (Å²) in [5.74, 6) is 0. The van der Waals surface area contributed by atoms with Crippen molar-refractivity contribution in [2.24, 2.45) is 7.05 Å². The number of aromatic nitrogens is 1. The number of para-hydroxylation sites is 1. The van der Waals surface area contributed by atoms with Crippen molar-refractivity contribution in [1.29, 1.82) is 0 Å². The van der Waals surface area contributed by atoms with E-state index in [1.165, 1.54) is 12.1 Å². The van der Waals surface area contributed by atoms with Gasteiger partial charge in [0, 0.05) is 18.0 Å². The summed E-state index contributed by atoms with van der Waals surface area (Å²) in [7, 11) is -2.14. The lowest BCUT2D eigenvalue weighted by atomic mass is 10.1. The number of anilines is 1. The maximum Gasteiger partial charge on any atom is 0.210 e. The van der Waals surface area contributed by atoms with Crippen molar-refractivity contribution in [3.05, 3.63) is 76.8 Å². The summed E-state index contributed by atoms with van der Waals surface area (Å²) in [4.78, 5) is 0.126. The molecule has 0 fully saturated rings. The van der Waals surface area contributed by atoms with Gasteiger partial charge in [0.2, 0.25) is 9.84 Å². The van der Waals surface area contributed by atoms with Crippen LogP contribution in [-0.2, 0) is 16.9 Å². The second-order valence-corrected chi connectivity index (χ2v) is 9.10. The van der Waals surface area contributed by atoms with E-state index in [1.54, 1.807) is 6.07 Å². The molecule has 1 aromatic heterocycles. The molecule has 0 atom stereocenters. The number of fused-ring (bicyclic) bond motifs is 1. The zero-order valence-corrected chi connectivity index (χ0v) is 17.2. The molecule has 4 rings (SSSR count). The van der Waals surface area contributed by atoms with E-state index in [4.69, 9.17) is 28.9 Å². The van der Waals surface area contributed by atoms with Crippen LogP contribution in [0.4, 0.5) is 5.69 Å². The van der Waals surface area contributed by atoms with E-state index in [0.29, 0.717) is 11.1 Å². The molecule has 0 aliphatic carbocycles. The Bertz CT molecular complexity index is 1310. The first kappa shape index (κ1) is 18.9. The first-order chi connectivity index (χ1) is 13.3. The standard InChI is InChI=1S/C21H16Cl2N2O2S/c1-25-18-10-6-5-9-14(18)21(20(25)13-7-3-2-4-8-13)28(26,27)19-12-15(22)17(24)11-16(19)23/h2-12H,24H2,1H3. The van der Waals surface area contributed by atoms with Crippen LogP contribution in [0.15, 0.2) is 76.5 Å². The lowest BCUT2D eigenvalue weighted by Crippen LogP contribution is -2.06. The smallest absolute Gasteiger partial charge is 0.210 e. The number of nitrogens with zero attached hydrogens (tertiary/aromatic N) is 1. The van der Waals surface area contributed by atoms with E-state index in [1.807, 2.05) is 60.1 Å². The Balaban J connectivity index is 2.13. The van der Waals surface area contributed by atoms with Gasteiger partial charge in [-0.3, -0.25) is 0 Å². The molecule has 142 valence electrons. The predicted octanol–water partition coefficient (Wildman–Crippen LogP) is 5.57. The van der Waals surface area contributed by atoms with Crippen LogP contribution in [0.5, 0.6) is 0 Å². The number of halogens is 2. The van der Waals surface area contributed by atoms with E-state index in [2.05, 4.69) is 0 Å². The van der Waals surface area contributed by atoms with Crippen LogP contribution >= 0.6 is 23.2 Å². The highest BCUT2D eigenvalue weighted by Gasteiger charge is 2.30. The Morgan fingerprint density at radius 1 is 0.893 bits per heavy atom. The van der Waals surface area contributed by atoms with Crippen LogP contribution in [0, 0.1) is 0 Å². The van der Waals surface area contributed by atoms with Crippen LogP contribution in [-0.4, -0.2) is 13.0 Å². The van der Waals surface area contributed by atoms with Crippen molar-refractivity contribution in [3.8, 4) is 11.3 Å². The van der Waals surface area contributed by atoms with Gasteiger partial charge in [0.1, 0.15) is 4.90 Å². The van der Waals surface area contributed by atoms with Crippen molar-refractivity contribution in [3.63, 3.8) is 0 Å². The van der Waals surface area contributed by atoms with Crippen molar-refractivity contribution >= 4 is 49.6 Å². The quantitative estimate of drug-likeness (QED) is 0.432. The van der Waals surface area contributed by atoms with E-state index >= 15 is 0 Å². The van der Waals surface area contributed by atoms with Crippen LogP contribution in [0.25, 0.3) is 22.2 Å². The molecule has 0 saturated heterocycles. The van der Waals surface area contributed by atoms with Gasteiger partial charge < -0.3 is 10.3 Å². The van der Waals surface area contributed by atoms with Gasteiger partial charge in [0.25, 0.3) is 0 Å². The van der Waals surface area contributed by atoms with Gasteiger partial charge in [0.15, 0.2) is 0 Å². The third-order valence-electron chi connectivity index (χ3n) is 4.72. The van der Waals surface area contributed by atoms with Crippen molar-refractivity contribution in [1.82, 2.24) is 4.57 Å². The third kappa shape index (κ3) is 2.87. The summed E-state index contributed by atoms with van der Waals surface area (Å²) in [5.41, 5.74) is 8.18. The van der Waals surface area contributed by atoms with Crippen molar-refractivity contribution in [2.45, 2.75) is 9.79 Å². The number of benzene rings is 3. The molecular formula is C21H16Cl2N2O2S. The van der Waals surface area contributed by atoms with Gasteiger partial charge in [-0.15, -0.1) is 0 Å². The van der Waals surface area contributed by atoms with Gasteiger partial charge in [-0.2, -0.15) is 0 Å². The van der Waals surface area contributed by atoms with E-state index in [-0.39, 0.29) is 25.5 Å². The Hall–Kier alpha value is -2.47. The molecule has 4 aromatic rings. The largest absolute Gasteiger partial charge is 0.397 e. The average Bonchev–Trinajstić information content (AvgIpc) is 2.99. The highest BCUT2D eigenvalue weighted by atomic mass is 35.5. The first-order valence-electron chi connectivity index (χ1n) is 8.45. The predicted molar refractivity (Wildman–Crippen MR) is 115 cm³/mol. The number of rotatable bonds is 3. The zero-order valence-electron chi connectivity index (χ0n) is 14.9. The molecule has 7 heteroatoms. The van der Waals surface area contributed by atoms with Gasteiger partial charge in [-0.05, 0) is 23.8 Å². The molecule has 0 radical (unpaired) electrons. The Kier molecular flexibility index (Phi) is 4.62. The molecule has 0 aliphatic rings. The van der Waals surface area contributed by atoms with E-state index in [0.717, 1.165) is 11.1 Å². The fraction of sp³-hybridized carbons (Fsp3) is 0.0476. The third-order valence-corrected chi connectivity index (χ3v) is 7.34. The Morgan fingerprint density at radius 3 is 2.25 bits per heavy atom. The Labute approximate surface area is 173 Å². The first-order valence-corrected chi connectivity index (χ1v) is 10.7. The number of aryl methyl sites for hydroxylation is 1. The molecule has 0 saturated carbocycles. The molecule has 0 bridgehead atoms. The minimum Gasteiger partial charge on any atom is -0.397 e. The van der Waals surface area contributed by atoms with Crippen LogP contribution in [0.3, 0.4) is 0 Å². The topological polar surface area (TPSA) is 65.1 Å². The normalized spacial score (nSPS) is 11.8. The SMILES string of the molecule is Cn1c(-c2ccccc2)c(S(=O)(=O)c2cc(Cl)c(N)cc2Cl)c2ccccc21. The molecule has 1 heterocycles. The minimum atomic E-state index is -3.99. The van der Waals surface area contributed by atoms with Crippen LogP contribution in [0.1, 0.15) is 0 Å². The fourth-order valence-corrected chi connectivity index (χ4v) is 5.90. The van der Waals surface area contributed by atoms with Gasteiger partial charge in [-0.25, -0.2) is 8.42 Å². The number of hydrogen-bond acceptors (Lipinski definition) is 3. The molecule has 2 N–H and O–H groups in total. The lowest BCUT2D eigenvalue weighted by molar-refractivity contribution is 0.597. The summed E-state index contributed by atoms with van der Waals surface area (Å²) in [6, 6.07) is 19.4. The molecule has 0 spiro atoms. The van der Waals surface area contributed by atoms with Gasteiger partial charge in [0.05, 0.1) is 26.3 Å². The Morgan fingerprint density at radius 2 is 1.54 bits per heavy atom. The number of hydrogen-bond donors (Lipinski definition) is 1. The summed E-state index contributed by atoms with van der Waals surface area (Å²) < 4.78 is 29.4. The summed E-state index contributed by atoms with van der Waals surface area (Å²) in [6.45, 7) is 0. The van der Waals surface area contributed by atoms with Crippen LogP contribution in [0.2, 0.25) is 10.0 Å². The number of nitrogen functional groups attached to an aromatic ring is 1. The summed E-state index contributed by atoms with van der Waals surface area (Å²) in [6.07, 6.45) is 0. The maximum atomic E-state index is 13.7. The molecule has 0 aliphatic heterocycles. The van der Waals surface area contributed by atoms with Crippen molar-refractivity contribution < 1.29 is 8.42 Å². The minimum absolute atomic E-state index is 0.0360. The highest BCUT2D eigenvalue weighted by molar-refractivity contribution is 7.92. The summed E-state index contributed by atoms with van der Waals surface area (Å²) in [5, 5.41) is 0.797. The van der Waals surface area contributed by atoms with Gasteiger partial charge >= 0.3 is 0 Å². The van der Waals surface area contributed by atoms with Crippen LogP contribution < -0.4 is 5.73 Å². The zero-order chi connectivity index (χ0) is 20.1. The second kappa shape index (κ2) is 6.85.